The van der Waals surface area contributed by atoms with Gasteiger partial charge in [0.25, 0.3) is 5.91 Å². The molecular formula is C31H37N3O6. The lowest BCUT2D eigenvalue weighted by molar-refractivity contribution is -0.136. The Kier molecular flexibility index (Phi) is 10.9. The predicted molar refractivity (Wildman–Crippen MR) is 151 cm³/mol. The second kappa shape index (κ2) is 15.0. The number of carbonyl (C=O) groups excluding carboxylic acids is 2. The van der Waals surface area contributed by atoms with Crippen LogP contribution in [0.15, 0.2) is 72.8 Å². The fraction of sp³-hybridized carbons (Fsp3) is 0.355. The largest absolute Gasteiger partial charge is 0.494 e. The molecule has 1 aliphatic carbocycles. The molecule has 9 heteroatoms. The molecule has 3 aromatic rings. The summed E-state index contributed by atoms with van der Waals surface area (Å²) in [4.78, 5) is 31.1. The molecule has 0 saturated heterocycles. The van der Waals surface area contributed by atoms with Crippen molar-refractivity contribution < 1.29 is 29.0 Å². The van der Waals surface area contributed by atoms with Crippen molar-refractivity contribution in [3.05, 3.63) is 89.5 Å². The van der Waals surface area contributed by atoms with Crippen molar-refractivity contribution in [1.29, 1.82) is 0 Å². The summed E-state index contributed by atoms with van der Waals surface area (Å²) in [5.74, 6) is 0.153. The Morgan fingerprint density at radius 3 is 2.23 bits per heavy atom. The van der Waals surface area contributed by atoms with Gasteiger partial charge in [0.05, 0.1) is 13.2 Å². The van der Waals surface area contributed by atoms with Crippen LogP contribution in [0.25, 0.3) is 11.1 Å². The highest BCUT2D eigenvalue weighted by Gasteiger charge is 2.29. The Hall–Kier alpha value is -3.92. The number of fused-ring (bicyclic) bond motifs is 3. The number of benzene rings is 3. The maximum atomic E-state index is 12.9. The zero-order chi connectivity index (χ0) is 28.2. The number of hydroxylamine groups is 1. The van der Waals surface area contributed by atoms with E-state index in [-0.39, 0.29) is 25.7 Å². The van der Waals surface area contributed by atoms with E-state index < -0.39 is 18.0 Å². The molecule has 0 heterocycles. The summed E-state index contributed by atoms with van der Waals surface area (Å²) in [6.45, 7) is 1.31. The fourth-order valence-electron chi connectivity index (χ4n) is 4.74. The molecule has 1 aliphatic rings. The minimum Gasteiger partial charge on any atom is -0.494 e. The van der Waals surface area contributed by atoms with Gasteiger partial charge in [-0.25, -0.2) is 10.3 Å². The number of aliphatic hydroxyl groups is 1. The van der Waals surface area contributed by atoms with Crippen molar-refractivity contribution in [3.8, 4) is 16.9 Å². The highest BCUT2D eigenvalue weighted by molar-refractivity contribution is 5.85. The van der Waals surface area contributed by atoms with Crippen LogP contribution < -0.4 is 21.3 Å². The second-order valence-electron chi connectivity index (χ2n) is 9.63. The van der Waals surface area contributed by atoms with E-state index in [0.29, 0.717) is 38.2 Å². The quantitative estimate of drug-likeness (QED) is 0.167. The number of nitrogens with one attached hydrogen (secondary N) is 2. The normalized spacial score (nSPS) is 12.8. The molecule has 0 aliphatic heterocycles. The molecule has 0 bridgehead atoms. The third-order valence-corrected chi connectivity index (χ3v) is 6.81. The van der Waals surface area contributed by atoms with Gasteiger partial charge in [-0.3, -0.25) is 9.63 Å². The first-order chi connectivity index (χ1) is 19.6. The van der Waals surface area contributed by atoms with Crippen LogP contribution in [0, 0.1) is 0 Å². The molecular weight excluding hydrogens is 510 g/mol. The van der Waals surface area contributed by atoms with Gasteiger partial charge in [-0.15, -0.1) is 0 Å². The number of alkyl carbamates (subject to hydrolysis) is 1. The molecule has 2 amide bonds. The predicted octanol–water partition coefficient (Wildman–Crippen LogP) is 4.03. The van der Waals surface area contributed by atoms with Gasteiger partial charge in [0.1, 0.15) is 18.4 Å². The smallest absolute Gasteiger partial charge is 0.407 e. The topological polar surface area (TPSA) is 132 Å². The van der Waals surface area contributed by atoms with E-state index in [1.54, 1.807) is 12.1 Å². The number of unbranched alkanes of at least 4 members (excludes halogenated alkanes) is 1. The molecule has 40 heavy (non-hydrogen) atoms. The van der Waals surface area contributed by atoms with Gasteiger partial charge in [0.2, 0.25) is 0 Å². The molecule has 1 atom stereocenters. The van der Waals surface area contributed by atoms with E-state index >= 15 is 0 Å². The fourth-order valence-corrected chi connectivity index (χ4v) is 4.74. The highest BCUT2D eigenvalue weighted by Crippen LogP contribution is 2.44. The van der Waals surface area contributed by atoms with Gasteiger partial charge in [0.15, 0.2) is 0 Å². The Bertz CT molecular complexity index is 1200. The van der Waals surface area contributed by atoms with E-state index in [1.807, 2.05) is 36.4 Å². The second-order valence-corrected chi connectivity index (χ2v) is 9.63. The third kappa shape index (κ3) is 7.81. The summed E-state index contributed by atoms with van der Waals surface area (Å²) in [6, 6.07) is 22.7. The Balaban J connectivity index is 1.28. The molecule has 0 saturated carbocycles. The molecule has 5 N–H and O–H groups in total. The van der Waals surface area contributed by atoms with Crippen LogP contribution in [-0.4, -0.2) is 49.5 Å². The van der Waals surface area contributed by atoms with Crippen LogP contribution in [0.2, 0.25) is 0 Å². The van der Waals surface area contributed by atoms with Crippen molar-refractivity contribution in [2.24, 2.45) is 5.73 Å². The van der Waals surface area contributed by atoms with Crippen LogP contribution in [0.3, 0.4) is 0 Å². The maximum Gasteiger partial charge on any atom is 0.407 e. The van der Waals surface area contributed by atoms with E-state index in [9.17, 15) is 9.59 Å². The number of nitrogens with two attached hydrogens (primary N) is 1. The lowest BCUT2D eigenvalue weighted by Gasteiger charge is -2.19. The van der Waals surface area contributed by atoms with Crippen LogP contribution in [0.5, 0.6) is 5.75 Å². The van der Waals surface area contributed by atoms with Gasteiger partial charge < -0.3 is 25.6 Å². The summed E-state index contributed by atoms with van der Waals surface area (Å²) >= 11 is 0. The number of amides is 2. The van der Waals surface area contributed by atoms with Gasteiger partial charge in [-0.2, -0.15) is 0 Å². The monoisotopic (exact) mass is 547 g/mol. The van der Waals surface area contributed by atoms with Crippen molar-refractivity contribution in [2.75, 3.05) is 26.4 Å². The zero-order valence-electron chi connectivity index (χ0n) is 22.5. The van der Waals surface area contributed by atoms with Crippen molar-refractivity contribution in [3.63, 3.8) is 0 Å². The minimum atomic E-state index is -0.829. The van der Waals surface area contributed by atoms with Gasteiger partial charge >= 0.3 is 6.09 Å². The minimum absolute atomic E-state index is 0.0718. The summed E-state index contributed by atoms with van der Waals surface area (Å²) < 4.78 is 11.1. The van der Waals surface area contributed by atoms with Gasteiger partial charge in [0, 0.05) is 18.9 Å². The number of carbonyl (C=O) groups is 2. The number of hydrogen-bond donors (Lipinski definition) is 4. The van der Waals surface area contributed by atoms with Crippen molar-refractivity contribution in [1.82, 2.24) is 10.8 Å². The summed E-state index contributed by atoms with van der Waals surface area (Å²) in [5, 5.41) is 11.5. The Labute approximate surface area is 234 Å². The summed E-state index contributed by atoms with van der Waals surface area (Å²) in [5.41, 5.74) is 13.4. The summed E-state index contributed by atoms with van der Waals surface area (Å²) in [6.07, 6.45) is 1.69. The Morgan fingerprint density at radius 2 is 1.57 bits per heavy atom. The van der Waals surface area contributed by atoms with Gasteiger partial charge in [-0.05, 0) is 65.8 Å². The lowest BCUT2D eigenvalue weighted by Crippen LogP contribution is -2.47. The molecule has 0 unspecified atom stereocenters. The number of rotatable bonds is 15. The third-order valence-electron chi connectivity index (χ3n) is 6.81. The van der Waals surface area contributed by atoms with Crippen LogP contribution >= 0.6 is 0 Å². The SMILES string of the molecule is NCCCC[C@H](NC(=O)OCC1c2ccccc2-c2ccccc21)C(=O)NOCc1ccc(OCCCO)cc1. The molecule has 4 rings (SSSR count). The number of hydrogen-bond acceptors (Lipinski definition) is 7. The van der Waals surface area contributed by atoms with Crippen molar-refractivity contribution >= 4 is 12.0 Å². The molecule has 212 valence electrons. The van der Waals surface area contributed by atoms with E-state index in [0.717, 1.165) is 34.2 Å². The van der Waals surface area contributed by atoms with Crippen molar-refractivity contribution in [2.45, 2.75) is 44.2 Å². The standard InChI is InChI=1S/C31H37N3O6/c32-17-6-5-12-29(30(36)34-40-20-22-13-15-23(16-14-22)38-19-7-18-35)33-31(37)39-21-28-26-10-3-1-8-24(26)25-9-2-4-11-27(25)28/h1-4,8-11,13-16,28-29,35H,5-7,12,17-21,32H2,(H,33,37)(H,34,36)/t29-/m0/s1. The first kappa shape index (κ1) is 29.1. The van der Waals surface area contributed by atoms with Crippen LogP contribution in [-0.2, 0) is 21.0 Å². The number of ether oxygens (including phenoxy) is 2. The molecule has 0 radical (unpaired) electrons. The molecule has 3 aromatic carbocycles. The average molecular weight is 548 g/mol. The van der Waals surface area contributed by atoms with Crippen LogP contribution in [0.1, 0.15) is 48.3 Å². The van der Waals surface area contributed by atoms with Crippen LogP contribution in [0.4, 0.5) is 4.79 Å². The molecule has 0 fully saturated rings. The molecule has 0 aromatic heterocycles. The van der Waals surface area contributed by atoms with E-state index in [4.69, 9.17) is 25.2 Å². The lowest BCUT2D eigenvalue weighted by atomic mass is 9.98. The zero-order valence-corrected chi connectivity index (χ0v) is 22.5. The molecule has 0 spiro atoms. The highest BCUT2D eigenvalue weighted by atomic mass is 16.7. The Morgan fingerprint density at radius 1 is 0.900 bits per heavy atom. The van der Waals surface area contributed by atoms with E-state index in [1.165, 1.54) is 0 Å². The average Bonchev–Trinajstić information content (AvgIpc) is 3.30. The summed E-state index contributed by atoms with van der Waals surface area (Å²) in [7, 11) is 0. The maximum absolute atomic E-state index is 12.9. The number of aliphatic hydroxyl groups excluding tert-OH is 1. The molecule has 9 nitrogen and oxygen atoms in total. The first-order valence-electron chi connectivity index (χ1n) is 13.7. The van der Waals surface area contributed by atoms with Gasteiger partial charge in [-0.1, -0.05) is 60.7 Å². The first-order valence-corrected chi connectivity index (χ1v) is 13.7. The van der Waals surface area contributed by atoms with E-state index in [2.05, 4.69) is 35.1 Å².